The fourth-order valence-corrected chi connectivity index (χ4v) is 5.33. The second kappa shape index (κ2) is 6.04. The van der Waals surface area contributed by atoms with Crippen LogP contribution >= 0.6 is 11.3 Å². The van der Waals surface area contributed by atoms with Gasteiger partial charge < -0.3 is 9.84 Å². The van der Waals surface area contributed by atoms with Crippen molar-refractivity contribution < 1.29 is 23.1 Å². The van der Waals surface area contributed by atoms with Gasteiger partial charge in [0, 0.05) is 6.54 Å². The Morgan fingerprint density at radius 2 is 2.10 bits per heavy atom. The summed E-state index contributed by atoms with van der Waals surface area (Å²) in [6, 6.07) is 0. The van der Waals surface area contributed by atoms with Gasteiger partial charge in [0.1, 0.15) is 9.77 Å². The second-order valence-corrected chi connectivity index (χ2v) is 7.91. The predicted octanol–water partition coefficient (Wildman–Crippen LogP) is 1.43. The third-order valence-electron chi connectivity index (χ3n) is 3.68. The highest BCUT2D eigenvalue weighted by Crippen LogP contribution is 2.31. The quantitative estimate of drug-likeness (QED) is 0.795. The van der Waals surface area contributed by atoms with Crippen LogP contribution in [0.5, 0.6) is 0 Å². The van der Waals surface area contributed by atoms with Gasteiger partial charge in [0.15, 0.2) is 0 Å². The van der Waals surface area contributed by atoms with Crippen LogP contribution in [-0.2, 0) is 14.8 Å². The lowest BCUT2D eigenvalue weighted by atomic mass is 10.0. The molecule has 0 spiro atoms. The third kappa shape index (κ3) is 3.45. The highest BCUT2D eigenvalue weighted by molar-refractivity contribution is 7.89. The zero-order valence-corrected chi connectivity index (χ0v) is 13.6. The average Bonchev–Trinajstić information content (AvgIpc) is 3.03. The number of nitrogens with one attached hydrogen (secondary N) is 1. The van der Waals surface area contributed by atoms with Gasteiger partial charge in [-0.2, -0.15) is 0 Å². The lowest BCUT2D eigenvalue weighted by Crippen LogP contribution is -2.41. The number of methoxy groups -OCH3 is 1. The van der Waals surface area contributed by atoms with Crippen LogP contribution in [0.3, 0.4) is 0 Å². The minimum atomic E-state index is -3.86. The molecule has 1 aromatic rings. The number of esters is 1. The van der Waals surface area contributed by atoms with Gasteiger partial charge in [-0.3, -0.25) is 0 Å². The van der Waals surface area contributed by atoms with Gasteiger partial charge in [-0.05, 0) is 30.7 Å². The number of thiophene rings is 1. The Hall–Kier alpha value is -0.960. The normalized spacial score (nSPS) is 17.9. The third-order valence-corrected chi connectivity index (χ3v) is 6.48. The first-order valence-corrected chi connectivity index (χ1v) is 9.04. The van der Waals surface area contributed by atoms with E-state index in [9.17, 15) is 18.3 Å². The van der Waals surface area contributed by atoms with Gasteiger partial charge in [0.2, 0.25) is 10.0 Å². The van der Waals surface area contributed by atoms with Gasteiger partial charge in [0.05, 0.1) is 12.7 Å². The molecule has 1 saturated carbocycles. The fraction of sp³-hybridized carbons (Fsp3) is 0.615. The van der Waals surface area contributed by atoms with Crippen LogP contribution in [0.25, 0.3) is 0 Å². The van der Waals surface area contributed by atoms with Crippen LogP contribution in [-0.4, -0.2) is 38.7 Å². The second-order valence-electron chi connectivity index (χ2n) is 5.32. The molecular weight excluding hydrogens is 314 g/mol. The molecule has 21 heavy (non-hydrogen) atoms. The minimum Gasteiger partial charge on any atom is -0.465 e. The van der Waals surface area contributed by atoms with Crippen molar-refractivity contribution in [1.29, 1.82) is 0 Å². The summed E-state index contributed by atoms with van der Waals surface area (Å²) in [5.74, 6) is -0.673. The summed E-state index contributed by atoms with van der Waals surface area (Å²) >= 11 is 1.04. The number of aryl methyl sites for hydroxylation is 1. The van der Waals surface area contributed by atoms with Crippen molar-refractivity contribution in [3.63, 3.8) is 0 Å². The first kappa shape index (κ1) is 16.4. The molecule has 1 aliphatic rings. The maximum Gasteiger partial charge on any atom is 0.349 e. The first-order valence-electron chi connectivity index (χ1n) is 6.67. The summed E-state index contributed by atoms with van der Waals surface area (Å²) in [5, 5.41) is 11.8. The summed E-state index contributed by atoms with van der Waals surface area (Å²) in [6.45, 7) is 1.59. The molecule has 0 unspecified atom stereocenters. The molecule has 2 rings (SSSR count). The van der Waals surface area contributed by atoms with E-state index in [1.807, 2.05) is 0 Å². The van der Waals surface area contributed by atoms with Crippen LogP contribution in [0.15, 0.2) is 10.3 Å². The number of aliphatic hydroxyl groups is 1. The maximum atomic E-state index is 12.4. The summed E-state index contributed by atoms with van der Waals surface area (Å²) < 4.78 is 31.9. The standard InChI is InChI=1S/C13H19NO5S2/c1-9-7-20-10(12(15)19-2)11(9)21(17,18)14-8-13(16)5-3-4-6-13/h7,14,16H,3-6,8H2,1-2H3. The van der Waals surface area contributed by atoms with Crippen molar-refractivity contribution in [2.45, 2.75) is 43.1 Å². The topological polar surface area (TPSA) is 92.7 Å². The Morgan fingerprint density at radius 3 is 2.67 bits per heavy atom. The summed E-state index contributed by atoms with van der Waals surface area (Å²) in [6.07, 6.45) is 2.95. The van der Waals surface area contributed by atoms with E-state index in [4.69, 9.17) is 0 Å². The Morgan fingerprint density at radius 1 is 1.48 bits per heavy atom. The smallest absolute Gasteiger partial charge is 0.349 e. The summed E-state index contributed by atoms with van der Waals surface area (Å²) in [7, 11) is -2.65. The van der Waals surface area contributed by atoms with Crippen LogP contribution in [0.4, 0.5) is 0 Å². The highest BCUT2D eigenvalue weighted by atomic mass is 32.2. The number of carbonyl (C=O) groups is 1. The molecule has 0 aliphatic heterocycles. The Balaban J connectivity index is 2.23. The lowest BCUT2D eigenvalue weighted by Gasteiger charge is -2.22. The van der Waals surface area contributed by atoms with E-state index in [0.29, 0.717) is 18.4 Å². The van der Waals surface area contributed by atoms with Crippen LogP contribution in [0.1, 0.15) is 40.9 Å². The molecule has 1 heterocycles. The molecule has 1 aliphatic carbocycles. The van der Waals surface area contributed by atoms with E-state index in [0.717, 1.165) is 24.2 Å². The largest absolute Gasteiger partial charge is 0.465 e. The maximum absolute atomic E-state index is 12.4. The molecule has 2 N–H and O–H groups in total. The summed E-state index contributed by atoms with van der Waals surface area (Å²) in [4.78, 5) is 11.7. The molecule has 8 heteroatoms. The minimum absolute atomic E-state index is 0.0365. The van der Waals surface area contributed by atoms with Gasteiger partial charge in [-0.25, -0.2) is 17.9 Å². The van der Waals surface area contributed by atoms with Crippen molar-refractivity contribution in [3.8, 4) is 0 Å². The number of hydrogen-bond acceptors (Lipinski definition) is 6. The van der Waals surface area contributed by atoms with Crippen molar-refractivity contribution in [2.75, 3.05) is 13.7 Å². The van der Waals surface area contributed by atoms with Crippen molar-refractivity contribution in [3.05, 3.63) is 15.8 Å². The molecule has 1 aromatic heterocycles. The van der Waals surface area contributed by atoms with E-state index in [1.54, 1.807) is 12.3 Å². The number of sulfonamides is 1. The first-order chi connectivity index (χ1) is 9.79. The number of carbonyl (C=O) groups excluding carboxylic acids is 1. The Kier molecular flexibility index (Phi) is 4.72. The van der Waals surface area contributed by atoms with E-state index in [-0.39, 0.29) is 16.3 Å². The zero-order valence-electron chi connectivity index (χ0n) is 12.0. The molecule has 0 aromatic carbocycles. The molecule has 0 radical (unpaired) electrons. The van der Waals surface area contributed by atoms with E-state index in [2.05, 4.69) is 9.46 Å². The van der Waals surface area contributed by atoms with Gasteiger partial charge in [-0.1, -0.05) is 12.8 Å². The number of ether oxygens (including phenoxy) is 1. The van der Waals surface area contributed by atoms with Crippen molar-refractivity contribution in [2.24, 2.45) is 0 Å². The average molecular weight is 333 g/mol. The SMILES string of the molecule is COC(=O)c1scc(C)c1S(=O)(=O)NCC1(O)CCCC1. The molecular formula is C13H19NO5S2. The number of rotatable bonds is 5. The molecule has 0 bridgehead atoms. The number of hydrogen-bond donors (Lipinski definition) is 2. The molecule has 0 saturated heterocycles. The monoisotopic (exact) mass is 333 g/mol. The van der Waals surface area contributed by atoms with Crippen molar-refractivity contribution in [1.82, 2.24) is 4.72 Å². The molecule has 0 atom stereocenters. The lowest BCUT2D eigenvalue weighted by molar-refractivity contribution is 0.0532. The van der Waals surface area contributed by atoms with Crippen LogP contribution < -0.4 is 4.72 Å². The molecule has 118 valence electrons. The van der Waals surface area contributed by atoms with E-state index < -0.39 is 21.6 Å². The van der Waals surface area contributed by atoms with Crippen LogP contribution in [0.2, 0.25) is 0 Å². The predicted molar refractivity (Wildman–Crippen MR) is 79.0 cm³/mol. The molecule has 1 fully saturated rings. The molecule has 0 amide bonds. The van der Waals surface area contributed by atoms with E-state index >= 15 is 0 Å². The van der Waals surface area contributed by atoms with Gasteiger partial charge >= 0.3 is 5.97 Å². The van der Waals surface area contributed by atoms with E-state index in [1.165, 1.54) is 7.11 Å². The van der Waals surface area contributed by atoms with Crippen LogP contribution in [0, 0.1) is 6.92 Å². The zero-order chi connectivity index (χ0) is 15.7. The highest BCUT2D eigenvalue weighted by Gasteiger charge is 2.34. The van der Waals surface area contributed by atoms with Crippen molar-refractivity contribution >= 4 is 27.3 Å². The van der Waals surface area contributed by atoms with Gasteiger partial charge in [0.25, 0.3) is 0 Å². The Labute approximate surface area is 128 Å². The fourth-order valence-electron chi connectivity index (χ4n) is 2.51. The summed E-state index contributed by atoms with van der Waals surface area (Å²) in [5.41, 5.74) is -0.492. The van der Waals surface area contributed by atoms with Gasteiger partial charge in [-0.15, -0.1) is 11.3 Å². The molecule has 6 nitrogen and oxygen atoms in total. The Bertz CT molecular complexity index is 629.